The zero-order chi connectivity index (χ0) is 18.1. The van der Waals surface area contributed by atoms with E-state index in [4.69, 9.17) is 39.8 Å². The lowest BCUT2D eigenvalue weighted by Gasteiger charge is -2.03. The maximum Gasteiger partial charge on any atom is 0.138 e. The Kier molecular flexibility index (Phi) is 4.73. The van der Waals surface area contributed by atoms with Crippen LogP contribution in [0.1, 0.15) is 0 Å². The first-order valence-corrected chi connectivity index (χ1v) is 9.11. The molecule has 0 fully saturated rings. The van der Waals surface area contributed by atoms with Crippen molar-refractivity contribution in [3.05, 3.63) is 87.9 Å². The van der Waals surface area contributed by atoms with Gasteiger partial charge in [-0.3, -0.25) is 0 Å². The Balaban J connectivity index is 1.88. The van der Waals surface area contributed by atoms with Gasteiger partial charge in [-0.25, -0.2) is 4.98 Å². The fourth-order valence-corrected chi connectivity index (χ4v) is 3.14. The predicted molar refractivity (Wildman–Crippen MR) is 110 cm³/mol. The van der Waals surface area contributed by atoms with E-state index in [0.717, 1.165) is 33.9 Å². The molecule has 128 valence electrons. The second-order valence-corrected chi connectivity index (χ2v) is 7.14. The van der Waals surface area contributed by atoms with Gasteiger partial charge in [0.1, 0.15) is 5.82 Å². The molecule has 4 aromatic rings. The smallest absolute Gasteiger partial charge is 0.138 e. The van der Waals surface area contributed by atoms with Crippen LogP contribution in [0.5, 0.6) is 0 Å². The highest BCUT2D eigenvalue weighted by molar-refractivity contribution is 6.31. The summed E-state index contributed by atoms with van der Waals surface area (Å²) in [6.07, 6.45) is 0. The molecule has 0 aliphatic carbocycles. The second-order valence-electron chi connectivity index (χ2n) is 5.83. The average Bonchev–Trinajstić information content (AvgIpc) is 3.09. The van der Waals surface area contributed by atoms with Crippen LogP contribution in [0.4, 0.5) is 0 Å². The summed E-state index contributed by atoms with van der Waals surface area (Å²) in [5.74, 6) is 0.775. The van der Waals surface area contributed by atoms with Gasteiger partial charge >= 0.3 is 0 Å². The molecule has 0 radical (unpaired) electrons. The number of aromatic nitrogens is 2. The maximum atomic E-state index is 6.04. The molecule has 0 saturated heterocycles. The Labute approximate surface area is 166 Å². The van der Waals surface area contributed by atoms with Gasteiger partial charge in [-0.2, -0.15) is 0 Å². The van der Waals surface area contributed by atoms with E-state index in [2.05, 4.69) is 4.98 Å². The van der Waals surface area contributed by atoms with Crippen molar-refractivity contribution in [1.29, 1.82) is 0 Å². The summed E-state index contributed by atoms with van der Waals surface area (Å²) in [6.45, 7) is 0. The molecule has 0 spiro atoms. The third-order valence-electron chi connectivity index (χ3n) is 4.07. The van der Waals surface area contributed by atoms with Crippen LogP contribution in [0.3, 0.4) is 0 Å². The number of nitrogens with one attached hydrogen (secondary N) is 1. The van der Waals surface area contributed by atoms with E-state index in [0.29, 0.717) is 15.1 Å². The molecule has 3 aromatic carbocycles. The summed E-state index contributed by atoms with van der Waals surface area (Å²) in [4.78, 5) is 8.27. The fourth-order valence-electron chi connectivity index (χ4n) is 2.76. The van der Waals surface area contributed by atoms with E-state index in [1.807, 2.05) is 72.8 Å². The van der Waals surface area contributed by atoms with Crippen LogP contribution >= 0.6 is 34.8 Å². The molecule has 0 unspecified atom stereocenters. The standard InChI is InChI=1S/C21H13Cl3N2/c22-16-7-1-13(2-8-16)19-20(14-3-9-17(23)10-4-14)26-21(25-19)15-5-11-18(24)12-6-15/h1-12H,(H,25,26). The van der Waals surface area contributed by atoms with Crippen LogP contribution in [0, 0.1) is 0 Å². The molecule has 0 aliphatic heterocycles. The van der Waals surface area contributed by atoms with Crippen LogP contribution in [0.2, 0.25) is 15.1 Å². The lowest BCUT2D eigenvalue weighted by Crippen LogP contribution is -1.83. The number of imidazole rings is 1. The lowest BCUT2D eigenvalue weighted by molar-refractivity contribution is 1.31. The highest BCUT2D eigenvalue weighted by atomic mass is 35.5. The number of rotatable bonds is 3. The molecule has 5 heteroatoms. The highest BCUT2D eigenvalue weighted by Crippen LogP contribution is 2.34. The molecule has 1 heterocycles. The fraction of sp³-hybridized carbons (Fsp3) is 0. The molecule has 0 aliphatic rings. The molecule has 26 heavy (non-hydrogen) atoms. The first kappa shape index (κ1) is 17.2. The van der Waals surface area contributed by atoms with Gasteiger partial charge in [0.15, 0.2) is 0 Å². The minimum absolute atomic E-state index is 0.690. The minimum atomic E-state index is 0.690. The van der Waals surface area contributed by atoms with E-state index in [-0.39, 0.29) is 0 Å². The van der Waals surface area contributed by atoms with Crippen LogP contribution in [0.15, 0.2) is 72.8 Å². The summed E-state index contributed by atoms with van der Waals surface area (Å²) < 4.78 is 0. The van der Waals surface area contributed by atoms with Crippen molar-refractivity contribution in [3.63, 3.8) is 0 Å². The number of benzene rings is 3. The summed E-state index contributed by atoms with van der Waals surface area (Å²) in [6, 6.07) is 22.9. The van der Waals surface area contributed by atoms with Gasteiger partial charge in [-0.1, -0.05) is 59.1 Å². The summed E-state index contributed by atoms with van der Waals surface area (Å²) in [5, 5.41) is 2.07. The second kappa shape index (κ2) is 7.16. The molecule has 4 rings (SSSR count). The molecule has 0 atom stereocenters. The molecular formula is C21H13Cl3N2. The van der Waals surface area contributed by atoms with Crippen LogP contribution in [-0.2, 0) is 0 Å². The van der Waals surface area contributed by atoms with Crippen molar-refractivity contribution in [2.24, 2.45) is 0 Å². The molecular weight excluding hydrogens is 387 g/mol. The third-order valence-corrected chi connectivity index (χ3v) is 4.83. The van der Waals surface area contributed by atoms with E-state index in [1.165, 1.54) is 0 Å². The van der Waals surface area contributed by atoms with Gasteiger partial charge in [-0.05, 0) is 48.5 Å². The number of halogens is 3. The number of hydrogen-bond acceptors (Lipinski definition) is 1. The number of H-pyrrole nitrogens is 1. The van der Waals surface area contributed by atoms with Crippen molar-refractivity contribution < 1.29 is 0 Å². The third kappa shape index (κ3) is 3.49. The summed E-state index contributed by atoms with van der Waals surface area (Å²) in [7, 11) is 0. The minimum Gasteiger partial charge on any atom is -0.337 e. The number of aromatic amines is 1. The Hall–Kier alpha value is -2.26. The Morgan fingerprint density at radius 3 is 1.46 bits per heavy atom. The SMILES string of the molecule is Clc1ccc(-c2nc(-c3ccc(Cl)cc3)c(-c3ccc(Cl)cc3)[nH]2)cc1. The van der Waals surface area contributed by atoms with Crippen molar-refractivity contribution >= 4 is 34.8 Å². The van der Waals surface area contributed by atoms with E-state index >= 15 is 0 Å². The molecule has 0 saturated carbocycles. The zero-order valence-corrected chi connectivity index (χ0v) is 15.8. The normalized spacial score (nSPS) is 10.9. The number of hydrogen-bond donors (Lipinski definition) is 1. The van der Waals surface area contributed by atoms with Gasteiger partial charge < -0.3 is 4.98 Å². The Morgan fingerprint density at radius 2 is 0.962 bits per heavy atom. The quantitative estimate of drug-likeness (QED) is 0.383. The zero-order valence-electron chi connectivity index (χ0n) is 13.5. The predicted octanol–water partition coefficient (Wildman–Crippen LogP) is 7.37. The van der Waals surface area contributed by atoms with Crippen LogP contribution in [-0.4, -0.2) is 9.97 Å². The molecule has 1 aromatic heterocycles. The largest absolute Gasteiger partial charge is 0.337 e. The van der Waals surface area contributed by atoms with Crippen molar-refractivity contribution in [3.8, 4) is 33.9 Å². The molecule has 0 bridgehead atoms. The van der Waals surface area contributed by atoms with Crippen LogP contribution < -0.4 is 0 Å². The summed E-state index contributed by atoms with van der Waals surface area (Å²) >= 11 is 18.1. The van der Waals surface area contributed by atoms with Crippen molar-refractivity contribution in [2.45, 2.75) is 0 Å². The molecule has 0 amide bonds. The maximum absolute atomic E-state index is 6.04. The average molecular weight is 400 g/mol. The van der Waals surface area contributed by atoms with Gasteiger partial charge in [0, 0.05) is 31.8 Å². The first-order valence-electron chi connectivity index (χ1n) is 7.98. The Bertz CT molecular complexity index is 971. The van der Waals surface area contributed by atoms with Crippen LogP contribution in [0.25, 0.3) is 33.9 Å². The number of nitrogens with zero attached hydrogens (tertiary/aromatic N) is 1. The lowest BCUT2D eigenvalue weighted by atomic mass is 10.1. The topological polar surface area (TPSA) is 28.7 Å². The van der Waals surface area contributed by atoms with E-state index in [9.17, 15) is 0 Å². The monoisotopic (exact) mass is 398 g/mol. The molecule has 2 nitrogen and oxygen atoms in total. The van der Waals surface area contributed by atoms with E-state index in [1.54, 1.807) is 0 Å². The highest BCUT2D eigenvalue weighted by Gasteiger charge is 2.15. The van der Waals surface area contributed by atoms with E-state index < -0.39 is 0 Å². The van der Waals surface area contributed by atoms with Crippen molar-refractivity contribution in [2.75, 3.05) is 0 Å². The molecule has 1 N–H and O–H groups in total. The Morgan fingerprint density at radius 1 is 0.538 bits per heavy atom. The van der Waals surface area contributed by atoms with Gasteiger partial charge in [0.05, 0.1) is 11.4 Å². The first-order chi connectivity index (χ1) is 12.6. The van der Waals surface area contributed by atoms with Gasteiger partial charge in [-0.15, -0.1) is 0 Å². The van der Waals surface area contributed by atoms with Gasteiger partial charge in [0.25, 0.3) is 0 Å². The summed E-state index contributed by atoms with van der Waals surface area (Å²) in [5.41, 5.74) is 4.73. The van der Waals surface area contributed by atoms with Crippen molar-refractivity contribution in [1.82, 2.24) is 9.97 Å². The van der Waals surface area contributed by atoms with Gasteiger partial charge in [0.2, 0.25) is 0 Å².